The predicted molar refractivity (Wildman–Crippen MR) is 71.4 cm³/mol. The van der Waals surface area contributed by atoms with Crippen molar-refractivity contribution in [3.63, 3.8) is 0 Å². The first kappa shape index (κ1) is 14.1. The molecule has 0 unspecified atom stereocenters. The molecule has 20 heavy (non-hydrogen) atoms. The Kier molecular flexibility index (Phi) is 4.41. The lowest BCUT2D eigenvalue weighted by Crippen LogP contribution is -2.13. The van der Waals surface area contributed by atoms with Crippen LogP contribution in [-0.2, 0) is 4.79 Å². The summed E-state index contributed by atoms with van der Waals surface area (Å²) in [6.45, 7) is 0. The summed E-state index contributed by atoms with van der Waals surface area (Å²) >= 11 is 1.05. The van der Waals surface area contributed by atoms with Crippen LogP contribution >= 0.6 is 11.8 Å². The molecule has 1 heterocycles. The molecule has 2 aromatic rings. The van der Waals surface area contributed by atoms with Gasteiger partial charge in [-0.1, -0.05) is 17.8 Å². The molecule has 2 rings (SSSR count). The fourth-order valence-corrected chi connectivity index (χ4v) is 2.07. The summed E-state index contributed by atoms with van der Waals surface area (Å²) in [5.74, 6) is -2.09. The summed E-state index contributed by atoms with van der Waals surface area (Å²) < 4.78 is 17.9. The standard InChI is InChI=1S/C13H10FNO4S/c14-8-2-1-3-9(6-8)15-11(16)7-20-12-5-4-10(19-12)13(17)18/h1-6H,7H2,(H,15,16)(H,17,18). The number of amides is 1. The van der Waals surface area contributed by atoms with Crippen LogP contribution in [-0.4, -0.2) is 22.7 Å². The van der Waals surface area contributed by atoms with Crippen molar-refractivity contribution in [1.29, 1.82) is 0 Å². The highest BCUT2D eigenvalue weighted by Gasteiger charge is 2.11. The van der Waals surface area contributed by atoms with Crippen molar-refractivity contribution in [3.8, 4) is 0 Å². The molecule has 0 bridgehead atoms. The molecule has 0 fully saturated rings. The third-order valence-corrected chi connectivity index (χ3v) is 3.16. The zero-order valence-electron chi connectivity index (χ0n) is 10.1. The van der Waals surface area contributed by atoms with E-state index in [-0.39, 0.29) is 17.4 Å². The van der Waals surface area contributed by atoms with Gasteiger partial charge in [0.15, 0.2) is 5.09 Å². The van der Waals surface area contributed by atoms with Crippen LogP contribution in [0.1, 0.15) is 10.6 Å². The van der Waals surface area contributed by atoms with Crippen LogP contribution in [0.15, 0.2) is 45.9 Å². The van der Waals surface area contributed by atoms with Gasteiger partial charge in [-0.25, -0.2) is 9.18 Å². The van der Waals surface area contributed by atoms with Crippen molar-refractivity contribution in [2.24, 2.45) is 0 Å². The number of hydrogen-bond acceptors (Lipinski definition) is 4. The molecule has 1 aromatic carbocycles. The van der Waals surface area contributed by atoms with Gasteiger partial charge in [0.1, 0.15) is 5.82 Å². The van der Waals surface area contributed by atoms with E-state index >= 15 is 0 Å². The lowest BCUT2D eigenvalue weighted by atomic mass is 10.3. The number of benzene rings is 1. The molecule has 1 amide bonds. The SMILES string of the molecule is O=C(CSc1ccc(C(=O)O)o1)Nc1cccc(F)c1. The summed E-state index contributed by atoms with van der Waals surface area (Å²) in [6.07, 6.45) is 0. The van der Waals surface area contributed by atoms with E-state index < -0.39 is 11.8 Å². The van der Waals surface area contributed by atoms with Crippen LogP contribution in [0.25, 0.3) is 0 Å². The largest absolute Gasteiger partial charge is 0.475 e. The second-order valence-electron chi connectivity index (χ2n) is 3.77. The highest BCUT2D eigenvalue weighted by Crippen LogP contribution is 2.21. The Morgan fingerprint density at radius 2 is 2.10 bits per heavy atom. The van der Waals surface area contributed by atoms with E-state index in [9.17, 15) is 14.0 Å². The van der Waals surface area contributed by atoms with Crippen molar-refractivity contribution in [3.05, 3.63) is 48.0 Å². The zero-order chi connectivity index (χ0) is 14.5. The summed E-state index contributed by atoms with van der Waals surface area (Å²) in [5, 5.41) is 11.5. The summed E-state index contributed by atoms with van der Waals surface area (Å²) in [6, 6.07) is 8.34. The van der Waals surface area contributed by atoms with E-state index in [4.69, 9.17) is 9.52 Å². The molecule has 0 aliphatic rings. The van der Waals surface area contributed by atoms with Gasteiger partial charge in [0, 0.05) is 5.69 Å². The molecule has 0 radical (unpaired) electrons. The third-order valence-electron chi connectivity index (χ3n) is 2.25. The minimum Gasteiger partial charge on any atom is -0.475 e. The van der Waals surface area contributed by atoms with Crippen molar-refractivity contribution in [1.82, 2.24) is 0 Å². The Bertz CT molecular complexity index is 641. The number of nitrogens with one attached hydrogen (secondary N) is 1. The van der Waals surface area contributed by atoms with E-state index in [1.807, 2.05) is 0 Å². The first-order chi connectivity index (χ1) is 9.54. The van der Waals surface area contributed by atoms with Crippen LogP contribution in [0, 0.1) is 5.82 Å². The molecule has 0 atom stereocenters. The highest BCUT2D eigenvalue weighted by atomic mass is 32.2. The fraction of sp³-hybridized carbons (Fsp3) is 0.0769. The van der Waals surface area contributed by atoms with Crippen LogP contribution in [0.5, 0.6) is 0 Å². The fourth-order valence-electron chi connectivity index (χ4n) is 1.41. The summed E-state index contributed by atoms with van der Waals surface area (Å²) in [5.41, 5.74) is 0.362. The molecule has 0 saturated carbocycles. The van der Waals surface area contributed by atoms with E-state index in [2.05, 4.69) is 5.32 Å². The lowest BCUT2D eigenvalue weighted by molar-refractivity contribution is -0.113. The molecular weight excluding hydrogens is 285 g/mol. The van der Waals surface area contributed by atoms with Crippen molar-refractivity contribution < 1.29 is 23.5 Å². The first-order valence-corrected chi connectivity index (χ1v) is 6.54. The Balaban J connectivity index is 1.87. The number of furan rings is 1. The number of carbonyl (C=O) groups is 2. The smallest absolute Gasteiger partial charge is 0.371 e. The Labute approximate surface area is 117 Å². The van der Waals surface area contributed by atoms with Gasteiger partial charge >= 0.3 is 5.97 Å². The van der Waals surface area contributed by atoms with Gasteiger partial charge in [-0.15, -0.1) is 0 Å². The second-order valence-corrected chi connectivity index (χ2v) is 4.75. The molecular formula is C13H10FNO4S. The number of hydrogen-bond donors (Lipinski definition) is 2. The second kappa shape index (κ2) is 6.25. The molecule has 5 nitrogen and oxygen atoms in total. The molecule has 0 aliphatic carbocycles. The van der Waals surface area contributed by atoms with Gasteiger partial charge < -0.3 is 14.8 Å². The monoisotopic (exact) mass is 295 g/mol. The van der Waals surface area contributed by atoms with Gasteiger partial charge in [0.2, 0.25) is 11.7 Å². The topological polar surface area (TPSA) is 79.5 Å². The van der Waals surface area contributed by atoms with Crippen molar-refractivity contribution in [2.75, 3.05) is 11.1 Å². The van der Waals surface area contributed by atoms with Crippen LogP contribution < -0.4 is 5.32 Å². The summed E-state index contributed by atoms with van der Waals surface area (Å²) in [4.78, 5) is 22.2. The number of halogens is 1. The zero-order valence-corrected chi connectivity index (χ0v) is 10.9. The minimum absolute atomic E-state index is 0.0308. The molecule has 0 saturated heterocycles. The lowest BCUT2D eigenvalue weighted by Gasteiger charge is -2.03. The maximum atomic E-state index is 12.9. The maximum Gasteiger partial charge on any atom is 0.371 e. The van der Waals surface area contributed by atoms with E-state index in [1.54, 1.807) is 6.07 Å². The predicted octanol–water partition coefficient (Wildman–Crippen LogP) is 2.85. The molecule has 0 spiro atoms. The number of carbonyl (C=O) groups excluding carboxylic acids is 1. The van der Waals surface area contributed by atoms with Gasteiger partial charge in [-0.3, -0.25) is 4.79 Å². The molecule has 2 N–H and O–H groups in total. The average Bonchev–Trinajstić information content (AvgIpc) is 2.85. The Hall–Kier alpha value is -2.28. The maximum absolute atomic E-state index is 12.9. The number of thioether (sulfide) groups is 1. The van der Waals surface area contributed by atoms with E-state index in [1.165, 1.54) is 30.3 Å². The Morgan fingerprint density at radius 3 is 2.75 bits per heavy atom. The number of rotatable bonds is 5. The minimum atomic E-state index is -1.17. The first-order valence-electron chi connectivity index (χ1n) is 5.56. The molecule has 104 valence electrons. The number of carboxylic acids is 1. The van der Waals surface area contributed by atoms with Crippen LogP contribution in [0.4, 0.5) is 10.1 Å². The van der Waals surface area contributed by atoms with Gasteiger partial charge in [-0.05, 0) is 30.3 Å². The van der Waals surface area contributed by atoms with Gasteiger partial charge in [0.25, 0.3) is 0 Å². The van der Waals surface area contributed by atoms with Gasteiger partial charge in [-0.2, -0.15) is 0 Å². The quantitative estimate of drug-likeness (QED) is 0.829. The number of carboxylic acid groups (broad SMARTS) is 1. The van der Waals surface area contributed by atoms with Crippen molar-refractivity contribution >= 4 is 29.3 Å². The summed E-state index contributed by atoms with van der Waals surface area (Å²) in [7, 11) is 0. The van der Waals surface area contributed by atoms with Crippen LogP contribution in [0.3, 0.4) is 0 Å². The molecule has 0 aliphatic heterocycles. The van der Waals surface area contributed by atoms with E-state index in [0.717, 1.165) is 11.8 Å². The number of anilines is 1. The van der Waals surface area contributed by atoms with E-state index in [0.29, 0.717) is 10.8 Å². The Morgan fingerprint density at radius 1 is 1.30 bits per heavy atom. The van der Waals surface area contributed by atoms with Crippen LogP contribution in [0.2, 0.25) is 0 Å². The van der Waals surface area contributed by atoms with Gasteiger partial charge in [0.05, 0.1) is 5.75 Å². The highest BCUT2D eigenvalue weighted by molar-refractivity contribution is 7.99. The normalized spacial score (nSPS) is 10.2. The van der Waals surface area contributed by atoms with Crippen molar-refractivity contribution in [2.45, 2.75) is 5.09 Å². The molecule has 1 aromatic heterocycles. The third kappa shape index (κ3) is 3.86. The average molecular weight is 295 g/mol. The number of aromatic carboxylic acids is 1. The molecule has 7 heteroatoms.